The summed E-state index contributed by atoms with van der Waals surface area (Å²) in [6.07, 6.45) is 0. The van der Waals surface area contributed by atoms with Crippen LogP contribution in [0.15, 0.2) is 16.6 Å². The lowest BCUT2D eigenvalue weighted by Gasteiger charge is -2.13. The van der Waals surface area contributed by atoms with Crippen molar-refractivity contribution in [3.8, 4) is 17.6 Å². The quantitative estimate of drug-likeness (QED) is 0.562. The molecule has 154 valence electrons. The molecule has 2 rings (SSSR count). The topological polar surface area (TPSA) is 121 Å². The van der Waals surface area contributed by atoms with E-state index < -0.39 is 11.9 Å². The van der Waals surface area contributed by atoms with Gasteiger partial charge in [0.25, 0.3) is 0 Å². The number of hydrogen-bond acceptors (Lipinski definition) is 9. The molecule has 2 aromatic rings. The van der Waals surface area contributed by atoms with E-state index in [1.807, 2.05) is 13.0 Å². The highest BCUT2D eigenvalue weighted by atomic mass is 79.9. The number of rotatable bonds is 8. The largest absolute Gasteiger partial charge is 0.493 e. The first kappa shape index (κ1) is 22.5. The van der Waals surface area contributed by atoms with E-state index in [-0.39, 0.29) is 39.8 Å². The Morgan fingerprint density at radius 2 is 1.93 bits per heavy atom. The molecule has 0 amide bonds. The summed E-state index contributed by atoms with van der Waals surface area (Å²) in [7, 11) is 1.46. The Morgan fingerprint density at radius 3 is 2.52 bits per heavy atom. The first-order chi connectivity index (χ1) is 13.9. The number of esters is 2. The minimum Gasteiger partial charge on any atom is -0.493 e. The van der Waals surface area contributed by atoms with Crippen molar-refractivity contribution in [1.29, 1.82) is 5.26 Å². The summed E-state index contributed by atoms with van der Waals surface area (Å²) < 4.78 is 21.6. The van der Waals surface area contributed by atoms with E-state index in [9.17, 15) is 14.9 Å². The summed E-state index contributed by atoms with van der Waals surface area (Å²) in [4.78, 5) is 24.8. The van der Waals surface area contributed by atoms with Gasteiger partial charge in [0, 0.05) is 5.56 Å². The van der Waals surface area contributed by atoms with E-state index in [0.717, 1.165) is 11.3 Å². The van der Waals surface area contributed by atoms with Crippen molar-refractivity contribution in [2.24, 2.45) is 0 Å². The van der Waals surface area contributed by atoms with Gasteiger partial charge in [-0.3, -0.25) is 0 Å². The number of nitrogens with zero attached hydrogens (tertiary/aromatic N) is 1. The van der Waals surface area contributed by atoms with Gasteiger partial charge in [-0.1, -0.05) is 0 Å². The summed E-state index contributed by atoms with van der Waals surface area (Å²) in [6, 6.07) is 4.96. The molecule has 1 heterocycles. The van der Waals surface area contributed by atoms with E-state index in [4.69, 9.17) is 24.7 Å². The number of methoxy groups -OCH3 is 1. The van der Waals surface area contributed by atoms with Crippen LogP contribution in [0.25, 0.3) is 0 Å². The zero-order valence-corrected chi connectivity index (χ0v) is 18.4. The smallest absolute Gasteiger partial charge is 0.348 e. The highest BCUT2D eigenvalue weighted by Crippen LogP contribution is 2.37. The number of carbonyl (C=O) groups is 2. The normalized spacial score (nSPS) is 10.2. The Kier molecular flexibility index (Phi) is 7.87. The second-order valence-corrected chi connectivity index (χ2v) is 7.39. The highest BCUT2D eigenvalue weighted by molar-refractivity contribution is 9.10. The van der Waals surface area contributed by atoms with Crippen LogP contribution in [0.1, 0.15) is 45.0 Å². The molecule has 0 fully saturated rings. The SMILES string of the molecule is CCOC(=O)c1sc(N)c(C#N)c1COC(=O)c1cc(Br)c(OCC)c(OC)c1. The summed E-state index contributed by atoms with van der Waals surface area (Å²) in [6.45, 7) is 3.77. The lowest BCUT2D eigenvalue weighted by molar-refractivity contribution is 0.0452. The lowest BCUT2D eigenvalue weighted by atomic mass is 10.1. The fourth-order valence-corrected chi connectivity index (χ4v) is 3.92. The third-order valence-electron chi connectivity index (χ3n) is 3.71. The number of carbonyl (C=O) groups excluding carboxylic acids is 2. The molecule has 8 nitrogen and oxygen atoms in total. The Morgan fingerprint density at radius 1 is 1.21 bits per heavy atom. The maximum atomic E-state index is 12.6. The van der Waals surface area contributed by atoms with E-state index in [2.05, 4.69) is 15.9 Å². The van der Waals surface area contributed by atoms with Crippen LogP contribution >= 0.6 is 27.3 Å². The number of nitrogen functional groups attached to an aromatic ring is 1. The number of hydrogen-bond donors (Lipinski definition) is 1. The fourth-order valence-electron chi connectivity index (χ4n) is 2.45. The van der Waals surface area contributed by atoms with Gasteiger partial charge in [0.15, 0.2) is 11.5 Å². The minimum atomic E-state index is -0.671. The van der Waals surface area contributed by atoms with Crippen molar-refractivity contribution in [1.82, 2.24) is 0 Å². The molecule has 1 aromatic carbocycles. The monoisotopic (exact) mass is 482 g/mol. The molecule has 10 heteroatoms. The Bertz CT molecular complexity index is 967. The molecule has 0 aliphatic carbocycles. The number of benzene rings is 1. The van der Waals surface area contributed by atoms with Gasteiger partial charge in [-0.2, -0.15) is 5.26 Å². The summed E-state index contributed by atoms with van der Waals surface area (Å²) in [5, 5.41) is 9.50. The second-order valence-electron chi connectivity index (χ2n) is 5.48. The Hall–Kier alpha value is -2.77. The maximum absolute atomic E-state index is 12.6. The van der Waals surface area contributed by atoms with Gasteiger partial charge in [0.2, 0.25) is 0 Å². The van der Waals surface area contributed by atoms with Crippen molar-refractivity contribution in [2.45, 2.75) is 20.5 Å². The number of nitriles is 1. The Labute approximate surface area is 180 Å². The summed E-state index contributed by atoms with van der Waals surface area (Å²) in [5.74, 6) is -0.468. The maximum Gasteiger partial charge on any atom is 0.348 e. The number of ether oxygens (including phenoxy) is 4. The number of halogens is 1. The van der Waals surface area contributed by atoms with Gasteiger partial charge in [-0.05, 0) is 41.9 Å². The van der Waals surface area contributed by atoms with Crippen molar-refractivity contribution >= 4 is 44.2 Å². The zero-order valence-electron chi connectivity index (χ0n) is 16.0. The van der Waals surface area contributed by atoms with Gasteiger partial charge in [0.1, 0.15) is 22.6 Å². The molecule has 0 bridgehead atoms. The molecule has 1 aromatic heterocycles. The predicted molar refractivity (Wildman–Crippen MR) is 110 cm³/mol. The molecule has 0 aliphatic rings. The van der Waals surface area contributed by atoms with E-state index in [1.165, 1.54) is 19.2 Å². The van der Waals surface area contributed by atoms with Crippen LogP contribution in [0.4, 0.5) is 5.00 Å². The highest BCUT2D eigenvalue weighted by Gasteiger charge is 2.24. The molecule has 0 aliphatic heterocycles. The molecule has 2 N–H and O–H groups in total. The molecule has 29 heavy (non-hydrogen) atoms. The van der Waals surface area contributed by atoms with Crippen molar-refractivity contribution < 1.29 is 28.5 Å². The standard InChI is InChI=1S/C19H19BrN2O6S/c1-4-26-15-13(20)6-10(7-14(15)25-3)18(23)28-9-12-11(8-21)17(22)29-16(12)19(24)27-5-2/h6-7H,4-5,9,22H2,1-3H3. The van der Waals surface area contributed by atoms with Crippen LogP contribution in [0, 0.1) is 11.3 Å². The predicted octanol–water partition coefficient (Wildman–Crippen LogP) is 3.91. The van der Waals surface area contributed by atoms with Crippen LogP contribution in [0.3, 0.4) is 0 Å². The van der Waals surface area contributed by atoms with E-state index >= 15 is 0 Å². The van der Waals surface area contributed by atoms with Crippen LogP contribution in [-0.4, -0.2) is 32.3 Å². The fraction of sp³-hybridized carbons (Fsp3) is 0.316. The minimum absolute atomic E-state index is 0.0938. The van der Waals surface area contributed by atoms with Crippen molar-refractivity contribution in [3.63, 3.8) is 0 Å². The molecule has 0 saturated heterocycles. The summed E-state index contributed by atoms with van der Waals surface area (Å²) >= 11 is 4.27. The first-order valence-electron chi connectivity index (χ1n) is 8.53. The molecule has 0 spiro atoms. The van der Waals surface area contributed by atoms with Crippen LogP contribution in [-0.2, 0) is 16.1 Å². The Balaban J connectivity index is 2.29. The molecule has 0 atom stereocenters. The van der Waals surface area contributed by atoms with Gasteiger partial charge >= 0.3 is 11.9 Å². The molecule has 0 saturated carbocycles. The van der Waals surface area contributed by atoms with Crippen molar-refractivity contribution in [3.05, 3.63) is 38.2 Å². The third-order valence-corrected chi connectivity index (χ3v) is 5.34. The molecular weight excluding hydrogens is 464 g/mol. The van der Waals surface area contributed by atoms with Crippen LogP contribution in [0.5, 0.6) is 11.5 Å². The van der Waals surface area contributed by atoms with Gasteiger partial charge in [0.05, 0.1) is 35.9 Å². The van der Waals surface area contributed by atoms with Gasteiger partial charge in [-0.15, -0.1) is 11.3 Å². The first-order valence-corrected chi connectivity index (χ1v) is 10.1. The average molecular weight is 483 g/mol. The summed E-state index contributed by atoms with van der Waals surface area (Å²) in [5.41, 5.74) is 6.34. The lowest BCUT2D eigenvalue weighted by Crippen LogP contribution is -2.10. The van der Waals surface area contributed by atoms with Gasteiger partial charge < -0.3 is 24.7 Å². The zero-order chi connectivity index (χ0) is 21.6. The molecular formula is C19H19BrN2O6S. The molecule has 0 radical (unpaired) electrons. The number of thiophene rings is 1. The van der Waals surface area contributed by atoms with Crippen molar-refractivity contribution in [2.75, 3.05) is 26.1 Å². The van der Waals surface area contributed by atoms with E-state index in [1.54, 1.807) is 6.92 Å². The average Bonchev–Trinajstić information content (AvgIpc) is 3.03. The van der Waals surface area contributed by atoms with E-state index in [0.29, 0.717) is 22.6 Å². The second kappa shape index (κ2) is 10.1. The van der Waals surface area contributed by atoms with Gasteiger partial charge in [-0.25, -0.2) is 9.59 Å². The number of nitrogens with two attached hydrogens (primary N) is 1. The molecule has 0 unspecified atom stereocenters. The van der Waals surface area contributed by atoms with Crippen LogP contribution in [0.2, 0.25) is 0 Å². The van der Waals surface area contributed by atoms with Crippen LogP contribution < -0.4 is 15.2 Å². The number of anilines is 1. The third kappa shape index (κ3) is 4.99.